The molecule has 2 aliphatic carbocycles. The molecule has 2 aromatic carbocycles. The smallest absolute Gasteiger partial charge is 0.278 e. The number of imide groups is 1. The van der Waals surface area contributed by atoms with Gasteiger partial charge in [-0.25, -0.2) is 19.3 Å². The Labute approximate surface area is 387 Å². The summed E-state index contributed by atoms with van der Waals surface area (Å²) < 4.78 is 15.7. The standard InChI is InChI=1S/C51H56N10O6/c1-3-22-60-48(64)39-27-52-50(56-46(39)61(60)40-15-9-31-17-21-51(65,4-2)45(31)54-40)53-34-10-5-33-28-59(24-19-32(33)26-34)49-43(66-49)30-6-11-35(12-7-30)58-23-18-29-8-13-37-42(38-14-16-41(62)55-47(38)63)57-67-44(37)36(29)20-25-58/h3,5,8-10,13,15,26-27,30,35,38,43,49,65H,1,4,6-7,11-12,14,16-25,28H2,2H3,(H,52,53,56)(H,55,62,63)/t30-,35-,38?,43?,49?,51-/m1/s1. The average molecular weight is 905 g/mol. The molecular formula is C51H56N10O6. The van der Waals surface area contributed by atoms with Crippen molar-refractivity contribution in [3.63, 3.8) is 0 Å². The molecule has 2 amide bonds. The Kier molecular flexibility index (Phi) is 10.5. The SMILES string of the molecule is C=CCn1c(=O)c2cnc(Nc3ccc4c(c3)CCN(C3OC3[C@H]3CC[C@H](N5CCc6ccc7c(C8CCC(=O)NC8=O)noc7c6CC5)CC3)C4)nc2n1-c1ccc2c(n1)[C@@](O)(CC)CC2. The monoisotopic (exact) mass is 904 g/mol. The highest BCUT2D eigenvalue weighted by Gasteiger charge is 2.50. The highest BCUT2D eigenvalue weighted by atomic mass is 16.6. The van der Waals surface area contributed by atoms with Gasteiger partial charge >= 0.3 is 0 Å². The van der Waals surface area contributed by atoms with E-state index in [9.17, 15) is 19.5 Å². The van der Waals surface area contributed by atoms with Crippen molar-refractivity contribution in [3.8, 4) is 5.82 Å². The van der Waals surface area contributed by atoms with Crippen LogP contribution in [0.5, 0.6) is 0 Å². The number of rotatable bonds is 10. The summed E-state index contributed by atoms with van der Waals surface area (Å²) in [6, 6.07) is 15.1. The minimum absolute atomic E-state index is 0.164. The topological polar surface area (TPSA) is 189 Å². The number of pyridine rings is 1. The van der Waals surface area contributed by atoms with Crippen LogP contribution in [0.25, 0.3) is 27.8 Å². The molecule has 12 rings (SSSR count). The van der Waals surface area contributed by atoms with Crippen molar-refractivity contribution >= 4 is 45.5 Å². The zero-order valence-corrected chi connectivity index (χ0v) is 37.9. The first-order chi connectivity index (χ1) is 32.7. The largest absolute Gasteiger partial charge is 0.384 e. The van der Waals surface area contributed by atoms with E-state index in [1.54, 1.807) is 21.6 Å². The number of allylic oxidation sites excluding steroid dienone is 1. The highest BCUT2D eigenvalue weighted by Crippen LogP contribution is 2.44. The van der Waals surface area contributed by atoms with Gasteiger partial charge in [-0.2, -0.15) is 4.98 Å². The number of anilines is 2. The second kappa shape index (κ2) is 16.6. The fraction of sp³-hybridized carbons (Fsp3) is 0.471. The summed E-state index contributed by atoms with van der Waals surface area (Å²) in [4.78, 5) is 57.6. The molecule has 4 aromatic heterocycles. The number of aromatic nitrogens is 6. The average Bonchev–Trinajstić information content (AvgIpc) is 3.91. The third-order valence-corrected chi connectivity index (χ3v) is 15.8. The summed E-state index contributed by atoms with van der Waals surface area (Å²) in [7, 11) is 0. The summed E-state index contributed by atoms with van der Waals surface area (Å²) in [5.74, 6) is 0.480. The quantitative estimate of drug-likeness (QED) is 0.0844. The number of hydrogen-bond donors (Lipinski definition) is 3. The van der Waals surface area contributed by atoms with Crippen LogP contribution in [-0.2, 0) is 58.7 Å². The third-order valence-electron chi connectivity index (χ3n) is 15.8. The van der Waals surface area contributed by atoms with Crippen molar-refractivity contribution in [3.05, 3.63) is 111 Å². The number of amides is 2. The number of nitrogens with zero attached hydrogens (tertiary/aromatic N) is 8. The van der Waals surface area contributed by atoms with Gasteiger partial charge in [0.1, 0.15) is 29.0 Å². The van der Waals surface area contributed by atoms with E-state index in [2.05, 4.69) is 67.5 Å². The van der Waals surface area contributed by atoms with E-state index in [-0.39, 0.29) is 36.3 Å². The lowest BCUT2D eigenvalue weighted by Crippen LogP contribution is -2.41. The van der Waals surface area contributed by atoms with Gasteiger partial charge in [0.15, 0.2) is 17.0 Å². The molecule has 0 bridgehead atoms. The number of epoxide rings is 1. The molecule has 16 nitrogen and oxygen atoms in total. The van der Waals surface area contributed by atoms with Gasteiger partial charge in [0.2, 0.25) is 17.8 Å². The number of ether oxygens (including phenoxy) is 1. The van der Waals surface area contributed by atoms with E-state index in [0.717, 1.165) is 74.1 Å². The maximum atomic E-state index is 13.6. The van der Waals surface area contributed by atoms with Gasteiger partial charge in [0.25, 0.3) is 5.56 Å². The molecule has 1 saturated carbocycles. The van der Waals surface area contributed by atoms with E-state index in [0.29, 0.717) is 71.8 Å². The Hall–Kier alpha value is -6.07. The number of carbonyl (C=O) groups is 2. The third kappa shape index (κ3) is 7.39. The predicted octanol–water partition coefficient (Wildman–Crippen LogP) is 5.85. The van der Waals surface area contributed by atoms with Crippen molar-refractivity contribution in [2.45, 2.75) is 127 Å². The number of aliphatic hydroxyl groups is 1. The molecule has 2 saturated heterocycles. The Morgan fingerprint density at radius 1 is 0.896 bits per heavy atom. The molecular weight excluding hydrogens is 849 g/mol. The molecule has 346 valence electrons. The van der Waals surface area contributed by atoms with Gasteiger partial charge in [-0.1, -0.05) is 36.4 Å². The zero-order valence-electron chi connectivity index (χ0n) is 37.9. The van der Waals surface area contributed by atoms with Gasteiger partial charge in [-0.15, -0.1) is 6.58 Å². The van der Waals surface area contributed by atoms with E-state index in [1.807, 2.05) is 19.1 Å². The van der Waals surface area contributed by atoms with Crippen molar-refractivity contribution in [2.24, 2.45) is 5.92 Å². The maximum Gasteiger partial charge on any atom is 0.278 e. The number of fused-ring (bicyclic) bond motifs is 6. The lowest BCUT2D eigenvalue weighted by atomic mass is 9.83. The van der Waals surface area contributed by atoms with Crippen LogP contribution in [0.1, 0.15) is 103 Å². The number of benzene rings is 2. The van der Waals surface area contributed by atoms with Crippen LogP contribution in [-0.4, -0.2) is 94.2 Å². The summed E-state index contributed by atoms with van der Waals surface area (Å²) in [5.41, 5.74) is 8.30. The number of nitrogens with one attached hydrogen (secondary N) is 2. The number of hydrogen-bond acceptors (Lipinski definition) is 13. The predicted molar refractivity (Wildman–Crippen MR) is 250 cm³/mol. The van der Waals surface area contributed by atoms with Gasteiger partial charge in [-0.3, -0.25) is 29.5 Å². The molecule has 3 fully saturated rings. The summed E-state index contributed by atoms with van der Waals surface area (Å²) in [6.45, 7) is 9.87. The lowest BCUT2D eigenvalue weighted by molar-refractivity contribution is -0.134. The zero-order chi connectivity index (χ0) is 45.6. The second-order valence-corrected chi connectivity index (χ2v) is 19.6. The molecule has 3 unspecified atom stereocenters. The van der Waals surface area contributed by atoms with Crippen molar-refractivity contribution in [2.75, 3.05) is 25.0 Å². The van der Waals surface area contributed by atoms with Gasteiger partial charge in [0.05, 0.1) is 18.2 Å². The minimum Gasteiger partial charge on any atom is -0.384 e. The first kappa shape index (κ1) is 42.3. The van der Waals surface area contributed by atoms with Crippen LogP contribution in [0, 0.1) is 5.92 Å². The summed E-state index contributed by atoms with van der Waals surface area (Å²) >= 11 is 0. The maximum absolute atomic E-state index is 13.6. The molecule has 3 N–H and O–H groups in total. The van der Waals surface area contributed by atoms with E-state index < -0.39 is 11.5 Å². The van der Waals surface area contributed by atoms with E-state index >= 15 is 0 Å². The first-order valence-electron chi connectivity index (χ1n) is 24.2. The van der Waals surface area contributed by atoms with Crippen LogP contribution >= 0.6 is 0 Å². The van der Waals surface area contributed by atoms with Crippen LogP contribution in [0.15, 0.2) is 70.6 Å². The highest BCUT2D eigenvalue weighted by molar-refractivity contribution is 6.02. The molecule has 4 atom stereocenters. The minimum atomic E-state index is -0.994. The van der Waals surface area contributed by atoms with Crippen LogP contribution < -0.4 is 16.2 Å². The molecule has 0 radical (unpaired) electrons. The first-order valence-corrected chi connectivity index (χ1v) is 24.2. The Balaban J connectivity index is 0.669. The van der Waals surface area contributed by atoms with Crippen molar-refractivity contribution in [1.82, 2.24) is 44.6 Å². The molecule has 6 aliphatic rings. The van der Waals surface area contributed by atoms with Gasteiger partial charge in [-0.05, 0) is 123 Å². The molecule has 4 aliphatic heterocycles. The summed E-state index contributed by atoms with van der Waals surface area (Å²) in [5, 5.41) is 22.8. The lowest BCUT2D eigenvalue weighted by Gasteiger charge is -2.36. The van der Waals surface area contributed by atoms with Gasteiger partial charge in [0, 0.05) is 61.5 Å². The Morgan fingerprint density at radius 3 is 2.54 bits per heavy atom. The summed E-state index contributed by atoms with van der Waals surface area (Å²) in [6.07, 6.45) is 13.9. The molecule has 6 aromatic rings. The fourth-order valence-corrected chi connectivity index (χ4v) is 12.0. The van der Waals surface area contributed by atoms with Crippen molar-refractivity contribution < 1.29 is 24.0 Å². The Bertz CT molecular complexity index is 3040. The number of piperidine rings is 1. The normalized spacial score (nSPS) is 26.5. The van der Waals surface area contributed by atoms with Crippen molar-refractivity contribution in [1.29, 1.82) is 0 Å². The van der Waals surface area contributed by atoms with E-state index in [1.165, 1.54) is 47.9 Å². The second-order valence-electron chi connectivity index (χ2n) is 19.6. The molecule has 16 heteroatoms. The molecule has 8 heterocycles. The van der Waals surface area contributed by atoms with E-state index in [4.69, 9.17) is 19.2 Å². The van der Waals surface area contributed by atoms with Gasteiger partial charge < -0.3 is 19.7 Å². The molecule has 0 spiro atoms. The molecule has 67 heavy (non-hydrogen) atoms. The number of carbonyl (C=O) groups excluding carboxylic acids is 2. The Morgan fingerprint density at radius 2 is 1.70 bits per heavy atom. The van der Waals surface area contributed by atoms with Crippen LogP contribution in [0.2, 0.25) is 0 Å². The number of aryl methyl sites for hydroxylation is 1. The van der Waals surface area contributed by atoms with Crippen LogP contribution in [0.4, 0.5) is 11.6 Å². The fourth-order valence-electron chi connectivity index (χ4n) is 12.0. The van der Waals surface area contributed by atoms with Crippen LogP contribution in [0.3, 0.4) is 0 Å².